The predicted molar refractivity (Wildman–Crippen MR) is 102 cm³/mol. The second-order valence-electron chi connectivity index (χ2n) is 7.77. The van der Waals surface area contributed by atoms with Gasteiger partial charge < -0.3 is 36.8 Å². The maximum atomic E-state index is 13.1. The van der Waals surface area contributed by atoms with Gasteiger partial charge in [-0.1, -0.05) is 0 Å². The first-order valence-corrected chi connectivity index (χ1v) is 9.88. The molecule has 2 heterocycles. The predicted octanol–water partition coefficient (Wildman–Crippen LogP) is -2.97. The van der Waals surface area contributed by atoms with Gasteiger partial charge in [-0.25, -0.2) is 0 Å². The number of carbonyl (C=O) groups is 4. The SMILES string of the molecule is C[C@@H](O)C(NC(=O)[C@@H]1CCCN1C(=O)C1CCCN1C(=O)[C@@H](N)[C@@H](C)O)C(N)=O. The minimum atomic E-state index is -1.26. The van der Waals surface area contributed by atoms with Crippen LogP contribution >= 0.6 is 0 Å². The van der Waals surface area contributed by atoms with Crippen molar-refractivity contribution in [3.8, 4) is 0 Å². The van der Waals surface area contributed by atoms with Gasteiger partial charge in [-0.3, -0.25) is 19.2 Å². The Hall–Kier alpha value is -2.24. The molecule has 11 heteroatoms. The molecule has 2 aliphatic rings. The van der Waals surface area contributed by atoms with E-state index in [1.165, 1.54) is 23.6 Å². The molecule has 29 heavy (non-hydrogen) atoms. The van der Waals surface area contributed by atoms with Gasteiger partial charge in [-0.15, -0.1) is 0 Å². The summed E-state index contributed by atoms with van der Waals surface area (Å²) in [6.45, 7) is 3.44. The molecule has 0 saturated carbocycles. The number of hydrogen-bond acceptors (Lipinski definition) is 7. The Morgan fingerprint density at radius 3 is 2.03 bits per heavy atom. The summed E-state index contributed by atoms with van der Waals surface area (Å²) < 4.78 is 0. The lowest BCUT2D eigenvalue weighted by Crippen LogP contribution is -2.58. The van der Waals surface area contributed by atoms with E-state index in [2.05, 4.69) is 5.32 Å². The number of nitrogens with zero attached hydrogens (tertiary/aromatic N) is 2. The average molecular weight is 413 g/mol. The molecule has 164 valence electrons. The van der Waals surface area contributed by atoms with Crippen molar-refractivity contribution in [2.45, 2.75) is 75.9 Å². The summed E-state index contributed by atoms with van der Waals surface area (Å²) in [5.74, 6) is -2.31. The van der Waals surface area contributed by atoms with Crippen molar-refractivity contribution < 1.29 is 29.4 Å². The van der Waals surface area contributed by atoms with Crippen LogP contribution in [0.1, 0.15) is 39.5 Å². The van der Waals surface area contributed by atoms with Crippen LogP contribution in [0, 0.1) is 0 Å². The quantitative estimate of drug-likeness (QED) is 0.295. The molecule has 0 aromatic rings. The fourth-order valence-corrected chi connectivity index (χ4v) is 3.86. The Kier molecular flexibility index (Phi) is 7.55. The van der Waals surface area contributed by atoms with Gasteiger partial charge in [0.25, 0.3) is 0 Å². The highest BCUT2D eigenvalue weighted by molar-refractivity contribution is 5.95. The van der Waals surface area contributed by atoms with E-state index in [0.717, 1.165) is 0 Å². The molecule has 11 nitrogen and oxygen atoms in total. The van der Waals surface area contributed by atoms with Crippen LogP contribution in [0.15, 0.2) is 0 Å². The molecule has 0 bridgehead atoms. The van der Waals surface area contributed by atoms with E-state index in [1.54, 1.807) is 0 Å². The van der Waals surface area contributed by atoms with Crippen LogP contribution in [-0.4, -0.2) is 93.1 Å². The molecule has 0 radical (unpaired) electrons. The molecule has 0 aliphatic carbocycles. The number of amides is 4. The number of aliphatic hydroxyl groups is 2. The van der Waals surface area contributed by atoms with Crippen LogP contribution < -0.4 is 16.8 Å². The van der Waals surface area contributed by atoms with Gasteiger partial charge >= 0.3 is 0 Å². The topological polar surface area (TPSA) is 179 Å². The van der Waals surface area contributed by atoms with Crippen LogP contribution in [0.2, 0.25) is 0 Å². The van der Waals surface area contributed by atoms with Gasteiger partial charge in [0.15, 0.2) is 0 Å². The van der Waals surface area contributed by atoms with Crippen molar-refractivity contribution in [1.82, 2.24) is 15.1 Å². The van der Waals surface area contributed by atoms with Gasteiger partial charge in [-0.05, 0) is 39.5 Å². The number of hydrogen-bond donors (Lipinski definition) is 5. The second-order valence-corrected chi connectivity index (χ2v) is 7.77. The number of aliphatic hydroxyl groups excluding tert-OH is 2. The van der Waals surface area contributed by atoms with E-state index in [1.807, 2.05) is 0 Å². The van der Waals surface area contributed by atoms with Gasteiger partial charge in [0.1, 0.15) is 24.2 Å². The van der Waals surface area contributed by atoms with Gasteiger partial charge in [0, 0.05) is 13.1 Å². The van der Waals surface area contributed by atoms with Crippen molar-refractivity contribution in [3.05, 3.63) is 0 Å². The molecule has 6 atom stereocenters. The maximum Gasteiger partial charge on any atom is 0.246 e. The average Bonchev–Trinajstić information content (AvgIpc) is 3.32. The number of carbonyl (C=O) groups excluding carboxylic acids is 4. The molecule has 4 amide bonds. The zero-order valence-corrected chi connectivity index (χ0v) is 16.8. The fourth-order valence-electron chi connectivity index (χ4n) is 3.86. The Labute approximate surface area is 169 Å². The van der Waals surface area contributed by atoms with E-state index >= 15 is 0 Å². The molecule has 2 unspecified atom stereocenters. The lowest BCUT2D eigenvalue weighted by atomic mass is 10.1. The molecular formula is C18H31N5O6. The maximum absolute atomic E-state index is 13.1. The van der Waals surface area contributed by atoms with Crippen LogP contribution in [-0.2, 0) is 19.2 Å². The normalized spacial score (nSPS) is 26.0. The highest BCUT2D eigenvalue weighted by Crippen LogP contribution is 2.25. The first-order chi connectivity index (χ1) is 13.6. The minimum absolute atomic E-state index is 0.341. The Morgan fingerprint density at radius 1 is 0.966 bits per heavy atom. The molecule has 2 fully saturated rings. The number of nitrogens with two attached hydrogens (primary N) is 2. The van der Waals surface area contributed by atoms with E-state index in [0.29, 0.717) is 38.8 Å². The lowest BCUT2D eigenvalue weighted by Gasteiger charge is -2.33. The van der Waals surface area contributed by atoms with Crippen LogP contribution in [0.4, 0.5) is 0 Å². The Morgan fingerprint density at radius 2 is 1.52 bits per heavy atom. The van der Waals surface area contributed by atoms with E-state index in [4.69, 9.17) is 11.5 Å². The fraction of sp³-hybridized carbons (Fsp3) is 0.778. The van der Waals surface area contributed by atoms with Crippen LogP contribution in [0.25, 0.3) is 0 Å². The highest BCUT2D eigenvalue weighted by atomic mass is 16.3. The number of likely N-dealkylation sites (tertiary alicyclic amines) is 2. The van der Waals surface area contributed by atoms with Gasteiger partial charge in [0.2, 0.25) is 23.6 Å². The van der Waals surface area contributed by atoms with Crippen molar-refractivity contribution in [1.29, 1.82) is 0 Å². The van der Waals surface area contributed by atoms with Crippen molar-refractivity contribution in [2.75, 3.05) is 13.1 Å². The molecular weight excluding hydrogens is 382 g/mol. The summed E-state index contributed by atoms with van der Waals surface area (Å²) in [5, 5.41) is 21.6. The highest BCUT2D eigenvalue weighted by Gasteiger charge is 2.43. The third-order valence-electron chi connectivity index (χ3n) is 5.55. The third-order valence-corrected chi connectivity index (χ3v) is 5.55. The number of nitrogens with one attached hydrogen (secondary N) is 1. The van der Waals surface area contributed by atoms with Gasteiger partial charge in [0.05, 0.1) is 12.2 Å². The molecule has 0 aromatic heterocycles. The van der Waals surface area contributed by atoms with E-state index in [9.17, 15) is 29.4 Å². The molecule has 2 saturated heterocycles. The van der Waals surface area contributed by atoms with Crippen LogP contribution in [0.5, 0.6) is 0 Å². The Balaban J connectivity index is 2.11. The lowest BCUT2D eigenvalue weighted by molar-refractivity contribution is -0.148. The monoisotopic (exact) mass is 413 g/mol. The van der Waals surface area contributed by atoms with E-state index in [-0.39, 0.29) is 5.91 Å². The zero-order valence-electron chi connectivity index (χ0n) is 16.8. The molecule has 2 rings (SSSR count). The largest absolute Gasteiger partial charge is 0.391 e. The summed E-state index contributed by atoms with van der Waals surface area (Å²) in [7, 11) is 0. The second kappa shape index (κ2) is 9.51. The van der Waals surface area contributed by atoms with Crippen molar-refractivity contribution >= 4 is 23.6 Å². The summed E-state index contributed by atoms with van der Waals surface area (Å²) in [6, 6.07) is -3.94. The smallest absolute Gasteiger partial charge is 0.246 e. The Bertz CT molecular complexity index is 655. The summed E-state index contributed by atoms with van der Waals surface area (Å²) in [4.78, 5) is 52.5. The number of primary amides is 1. The minimum Gasteiger partial charge on any atom is -0.391 e. The van der Waals surface area contributed by atoms with Crippen molar-refractivity contribution in [3.63, 3.8) is 0 Å². The first kappa shape index (κ1) is 23.0. The molecule has 0 spiro atoms. The molecule has 0 aromatic carbocycles. The van der Waals surface area contributed by atoms with E-state index < -0.39 is 54.1 Å². The third kappa shape index (κ3) is 5.03. The zero-order chi connectivity index (χ0) is 21.9. The molecule has 7 N–H and O–H groups in total. The molecule has 2 aliphatic heterocycles. The summed E-state index contributed by atoms with van der Waals surface area (Å²) in [6.07, 6.45) is -0.170. The van der Waals surface area contributed by atoms with Crippen LogP contribution in [0.3, 0.4) is 0 Å². The summed E-state index contributed by atoms with van der Waals surface area (Å²) >= 11 is 0. The first-order valence-electron chi connectivity index (χ1n) is 9.88. The standard InChI is InChI=1S/C18H31N5O6/c1-9(24)13(19)18(29)23-8-4-6-12(23)17(28)22-7-3-5-11(22)16(27)21-14(10(2)25)15(20)26/h9-14,24-25H,3-8,19H2,1-2H3,(H2,20,26)(H,21,27)/t9-,10-,11+,12?,13+,14?/m1/s1. The number of rotatable bonds is 7. The van der Waals surface area contributed by atoms with Crippen molar-refractivity contribution in [2.24, 2.45) is 11.5 Å². The summed E-state index contributed by atoms with van der Waals surface area (Å²) in [5.41, 5.74) is 11.0. The van der Waals surface area contributed by atoms with Gasteiger partial charge in [-0.2, -0.15) is 0 Å².